The number of ether oxygens (including phenoxy) is 1. The Labute approximate surface area is 196 Å². The van der Waals surface area contributed by atoms with Crippen LogP contribution in [-0.4, -0.2) is 12.1 Å². The van der Waals surface area contributed by atoms with Crippen LogP contribution < -0.4 is 0 Å². The maximum atomic E-state index is 11.5. The molecule has 0 radical (unpaired) electrons. The third kappa shape index (κ3) is 3.97. The largest absolute Gasteiger partial charge is 0.462 e. The Balaban J connectivity index is 1.57. The van der Waals surface area contributed by atoms with Crippen LogP contribution in [0.4, 0.5) is 0 Å². The Morgan fingerprint density at radius 3 is 2.53 bits per heavy atom. The number of hydrogen-bond donors (Lipinski definition) is 0. The minimum atomic E-state index is -0.151. The van der Waals surface area contributed by atoms with Crippen LogP contribution in [-0.2, 0) is 9.53 Å². The van der Waals surface area contributed by atoms with E-state index in [2.05, 4.69) is 71.9 Å². The molecular formula is C30H44O2. The van der Waals surface area contributed by atoms with E-state index in [4.69, 9.17) is 4.74 Å². The zero-order valence-corrected chi connectivity index (χ0v) is 21.4. The van der Waals surface area contributed by atoms with Gasteiger partial charge in [0.1, 0.15) is 6.10 Å². The molecule has 2 nitrogen and oxygen atoms in total. The summed E-state index contributed by atoms with van der Waals surface area (Å²) < 4.78 is 5.58. The van der Waals surface area contributed by atoms with Crippen LogP contribution >= 0.6 is 0 Å². The first-order valence-electron chi connectivity index (χ1n) is 13.0. The fraction of sp³-hybridized carbons (Fsp3) is 0.700. The third-order valence-corrected chi connectivity index (χ3v) is 9.76. The molecule has 4 aliphatic carbocycles. The van der Waals surface area contributed by atoms with Gasteiger partial charge in [-0.2, -0.15) is 0 Å². The highest BCUT2D eigenvalue weighted by molar-refractivity contribution is 5.66. The van der Waals surface area contributed by atoms with E-state index >= 15 is 0 Å². The monoisotopic (exact) mass is 436 g/mol. The Hall–Kier alpha value is -1.57. The summed E-state index contributed by atoms with van der Waals surface area (Å²) in [6.45, 7) is 16.0. The minimum absolute atomic E-state index is 0.0490. The zero-order valence-electron chi connectivity index (χ0n) is 21.4. The predicted molar refractivity (Wildman–Crippen MR) is 133 cm³/mol. The van der Waals surface area contributed by atoms with Gasteiger partial charge in [0.05, 0.1) is 0 Å². The summed E-state index contributed by atoms with van der Waals surface area (Å²) >= 11 is 0. The molecule has 2 fully saturated rings. The number of rotatable bonds is 5. The Morgan fingerprint density at radius 2 is 1.84 bits per heavy atom. The lowest BCUT2D eigenvalue weighted by Gasteiger charge is -2.50. The van der Waals surface area contributed by atoms with Crippen LogP contribution in [0.5, 0.6) is 0 Å². The molecule has 7 atom stereocenters. The van der Waals surface area contributed by atoms with Gasteiger partial charge in [-0.25, -0.2) is 0 Å². The third-order valence-electron chi connectivity index (χ3n) is 9.76. The standard InChI is InChI=1S/C30H44O2/c1-19(2)20(3)8-9-21(4)26-12-13-27-25-11-10-23-18-24(32-22(5)31)14-16-29(23,6)28(25)15-17-30(26,27)7/h8-11,15,19-21,24,26-27H,12-14,16-18H2,1-7H3/b9-8+/t20-,21+,24?,26?,27?,29+,30?/m0/s1. The van der Waals surface area contributed by atoms with Crippen LogP contribution in [0.15, 0.2) is 47.1 Å². The van der Waals surface area contributed by atoms with E-state index in [1.54, 1.807) is 11.1 Å². The van der Waals surface area contributed by atoms with Gasteiger partial charge in [-0.3, -0.25) is 4.79 Å². The number of carbonyl (C=O) groups is 1. The van der Waals surface area contributed by atoms with Crippen molar-refractivity contribution in [2.24, 2.45) is 40.4 Å². The summed E-state index contributed by atoms with van der Waals surface area (Å²) in [6.07, 6.45) is 19.2. The molecule has 2 heteroatoms. The summed E-state index contributed by atoms with van der Waals surface area (Å²) in [6, 6.07) is 0. The molecule has 0 aromatic carbocycles. The summed E-state index contributed by atoms with van der Waals surface area (Å²) in [5, 5.41) is 0. The maximum absolute atomic E-state index is 11.5. The van der Waals surface area contributed by atoms with E-state index in [-0.39, 0.29) is 17.5 Å². The topological polar surface area (TPSA) is 26.3 Å². The molecule has 176 valence electrons. The van der Waals surface area contributed by atoms with Gasteiger partial charge in [0.2, 0.25) is 0 Å². The van der Waals surface area contributed by atoms with Crippen LogP contribution in [0, 0.1) is 40.4 Å². The minimum Gasteiger partial charge on any atom is -0.462 e. The van der Waals surface area contributed by atoms with E-state index in [0.717, 1.165) is 25.2 Å². The van der Waals surface area contributed by atoms with Crippen molar-refractivity contribution < 1.29 is 9.53 Å². The molecule has 0 heterocycles. The van der Waals surface area contributed by atoms with Crippen molar-refractivity contribution in [1.29, 1.82) is 0 Å². The van der Waals surface area contributed by atoms with Crippen LogP contribution in [0.1, 0.15) is 87.0 Å². The SMILES string of the molecule is CC(=O)OC1CC[C@]2(C)C(=CC=C3C2=CCC2(C)C3CCC2[C@H](C)/C=C/[C@H](C)C(C)C)C1. The van der Waals surface area contributed by atoms with Crippen molar-refractivity contribution in [3.8, 4) is 0 Å². The molecule has 0 aromatic rings. The molecule has 0 saturated heterocycles. The number of allylic oxidation sites excluding steroid dienone is 7. The van der Waals surface area contributed by atoms with Crippen molar-refractivity contribution in [3.63, 3.8) is 0 Å². The van der Waals surface area contributed by atoms with Gasteiger partial charge in [0.25, 0.3) is 0 Å². The van der Waals surface area contributed by atoms with E-state index < -0.39 is 0 Å². The molecule has 4 aliphatic rings. The summed E-state index contributed by atoms with van der Waals surface area (Å²) in [5.41, 5.74) is 5.15. The molecule has 0 spiro atoms. The average Bonchev–Trinajstić information content (AvgIpc) is 3.08. The molecular weight excluding hydrogens is 392 g/mol. The predicted octanol–water partition coefficient (Wildman–Crippen LogP) is 7.82. The van der Waals surface area contributed by atoms with Gasteiger partial charge in [-0.15, -0.1) is 0 Å². The molecule has 0 N–H and O–H groups in total. The van der Waals surface area contributed by atoms with E-state index in [1.807, 2.05) is 0 Å². The quantitative estimate of drug-likeness (QED) is 0.324. The second-order valence-corrected chi connectivity index (χ2v) is 12.0. The first kappa shape index (κ1) is 23.6. The molecule has 4 rings (SSSR count). The average molecular weight is 437 g/mol. The number of carbonyl (C=O) groups excluding carboxylic acids is 1. The van der Waals surface area contributed by atoms with Crippen LogP contribution in [0.2, 0.25) is 0 Å². The van der Waals surface area contributed by atoms with Crippen LogP contribution in [0.25, 0.3) is 0 Å². The summed E-state index contributed by atoms with van der Waals surface area (Å²) in [7, 11) is 0. The fourth-order valence-corrected chi connectivity index (χ4v) is 7.28. The first-order valence-corrected chi connectivity index (χ1v) is 13.0. The lowest BCUT2D eigenvalue weighted by atomic mass is 9.54. The highest BCUT2D eigenvalue weighted by Crippen LogP contribution is 2.64. The van der Waals surface area contributed by atoms with Gasteiger partial charge in [-0.05, 0) is 78.3 Å². The zero-order chi connectivity index (χ0) is 23.3. The smallest absolute Gasteiger partial charge is 0.302 e. The van der Waals surface area contributed by atoms with Crippen molar-refractivity contribution in [1.82, 2.24) is 0 Å². The van der Waals surface area contributed by atoms with E-state index in [1.165, 1.54) is 31.8 Å². The van der Waals surface area contributed by atoms with Gasteiger partial charge < -0.3 is 4.74 Å². The van der Waals surface area contributed by atoms with Gasteiger partial charge in [0, 0.05) is 18.8 Å². The van der Waals surface area contributed by atoms with Crippen LogP contribution in [0.3, 0.4) is 0 Å². The Morgan fingerprint density at radius 1 is 1.09 bits per heavy atom. The Bertz CT molecular complexity index is 871. The number of esters is 1. The van der Waals surface area contributed by atoms with Crippen molar-refractivity contribution in [2.75, 3.05) is 0 Å². The van der Waals surface area contributed by atoms with Gasteiger partial charge >= 0.3 is 5.97 Å². The van der Waals surface area contributed by atoms with Crippen molar-refractivity contribution in [2.45, 2.75) is 93.1 Å². The lowest BCUT2D eigenvalue weighted by molar-refractivity contribution is -0.147. The molecule has 0 aromatic heterocycles. The molecule has 2 saturated carbocycles. The Kier molecular flexibility index (Phi) is 6.38. The summed E-state index contributed by atoms with van der Waals surface area (Å²) in [5.74, 6) is 3.25. The lowest BCUT2D eigenvalue weighted by Crippen LogP contribution is -2.41. The summed E-state index contributed by atoms with van der Waals surface area (Å²) in [4.78, 5) is 11.5. The number of fused-ring (bicyclic) bond motifs is 5. The highest BCUT2D eigenvalue weighted by atomic mass is 16.5. The molecule has 4 unspecified atom stereocenters. The molecule has 0 aliphatic heterocycles. The van der Waals surface area contributed by atoms with Gasteiger partial charge in [-0.1, -0.05) is 77.5 Å². The van der Waals surface area contributed by atoms with Gasteiger partial charge in [0.15, 0.2) is 0 Å². The molecule has 32 heavy (non-hydrogen) atoms. The molecule has 0 bridgehead atoms. The first-order chi connectivity index (χ1) is 15.1. The van der Waals surface area contributed by atoms with Crippen molar-refractivity contribution in [3.05, 3.63) is 47.1 Å². The second kappa shape index (κ2) is 8.65. The fourth-order valence-electron chi connectivity index (χ4n) is 7.28. The molecule has 0 amide bonds. The normalized spacial score (nSPS) is 38.2. The van der Waals surface area contributed by atoms with Crippen molar-refractivity contribution >= 4 is 5.97 Å². The highest BCUT2D eigenvalue weighted by Gasteiger charge is 2.54. The number of hydrogen-bond acceptors (Lipinski definition) is 2. The second-order valence-electron chi connectivity index (χ2n) is 12.0. The maximum Gasteiger partial charge on any atom is 0.302 e. The van der Waals surface area contributed by atoms with E-state index in [0.29, 0.717) is 29.1 Å². The van der Waals surface area contributed by atoms with E-state index in [9.17, 15) is 4.79 Å².